The Labute approximate surface area is 141 Å². The zero-order valence-corrected chi connectivity index (χ0v) is 13.6. The molecule has 126 valence electrons. The first-order valence-corrected chi connectivity index (χ1v) is 7.74. The number of aryl methyl sites for hydroxylation is 1. The Kier molecular flexibility index (Phi) is 6.51. The highest BCUT2D eigenvalue weighted by atomic mass is 16.5. The number of nitrogens with one attached hydrogen (secondary N) is 1. The SMILES string of the molecule is COCc1cccc(CNC(=O)CCc2ccc(C(=O)O)cc2)c1. The number of amides is 1. The molecule has 0 aromatic heterocycles. The van der Waals surface area contributed by atoms with Crippen LogP contribution in [0, 0.1) is 0 Å². The van der Waals surface area contributed by atoms with Crippen molar-refractivity contribution < 1.29 is 19.4 Å². The van der Waals surface area contributed by atoms with Crippen molar-refractivity contribution in [2.75, 3.05) is 7.11 Å². The smallest absolute Gasteiger partial charge is 0.335 e. The first-order valence-electron chi connectivity index (χ1n) is 7.74. The van der Waals surface area contributed by atoms with Crippen molar-refractivity contribution >= 4 is 11.9 Å². The summed E-state index contributed by atoms with van der Waals surface area (Å²) in [5.41, 5.74) is 3.29. The molecule has 0 aliphatic rings. The van der Waals surface area contributed by atoms with Gasteiger partial charge in [-0.1, -0.05) is 36.4 Å². The van der Waals surface area contributed by atoms with E-state index in [2.05, 4.69) is 5.32 Å². The Morgan fingerprint density at radius 2 is 1.75 bits per heavy atom. The number of carboxylic acids is 1. The minimum Gasteiger partial charge on any atom is -0.478 e. The average Bonchev–Trinajstić information content (AvgIpc) is 2.59. The number of rotatable bonds is 8. The minimum absolute atomic E-state index is 0.0329. The molecule has 5 heteroatoms. The van der Waals surface area contributed by atoms with Crippen molar-refractivity contribution in [2.24, 2.45) is 0 Å². The number of carboxylic acid groups (broad SMARTS) is 1. The van der Waals surface area contributed by atoms with E-state index < -0.39 is 5.97 Å². The molecular formula is C19H21NO4. The molecule has 0 bridgehead atoms. The summed E-state index contributed by atoms with van der Waals surface area (Å²) in [4.78, 5) is 22.7. The van der Waals surface area contributed by atoms with E-state index in [1.807, 2.05) is 24.3 Å². The lowest BCUT2D eigenvalue weighted by molar-refractivity contribution is -0.121. The van der Waals surface area contributed by atoms with E-state index in [1.54, 1.807) is 31.4 Å². The first kappa shape index (κ1) is 17.7. The zero-order valence-electron chi connectivity index (χ0n) is 13.6. The summed E-state index contributed by atoms with van der Waals surface area (Å²) in [5.74, 6) is -0.982. The van der Waals surface area contributed by atoms with Crippen LogP contribution in [-0.4, -0.2) is 24.1 Å². The molecule has 24 heavy (non-hydrogen) atoms. The number of methoxy groups -OCH3 is 1. The Morgan fingerprint density at radius 3 is 2.42 bits per heavy atom. The van der Waals surface area contributed by atoms with Crippen LogP contribution >= 0.6 is 0 Å². The molecule has 0 aliphatic heterocycles. The molecule has 2 rings (SSSR count). The number of carbonyl (C=O) groups is 2. The van der Waals surface area contributed by atoms with Crippen molar-refractivity contribution in [3.8, 4) is 0 Å². The fraction of sp³-hybridized carbons (Fsp3) is 0.263. The second kappa shape index (κ2) is 8.84. The maximum atomic E-state index is 11.9. The molecule has 5 nitrogen and oxygen atoms in total. The molecule has 0 radical (unpaired) electrons. The Hall–Kier alpha value is -2.66. The molecule has 0 heterocycles. The van der Waals surface area contributed by atoms with Crippen LogP contribution in [0.4, 0.5) is 0 Å². The quantitative estimate of drug-likeness (QED) is 0.782. The topological polar surface area (TPSA) is 75.6 Å². The molecule has 0 saturated heterocycles. The summed E-state index contributed by atoms with van der Waals surface area (Å²) in [7, 11) is 1.65. The number of ether oxygens (including phenoxy) is 1. The summed E-state index contributed by atoms with van der Waals surface area (Å²) >= 11 is 0. The van der Waals surface area contributed by atoms with E-state index in [0.29, 0.717) is 26.0 Å². The lowest BCUT2D eigenvalue weighted by Gasteiger charge is -2.07. The van der Waals surface area contributed by atoms with E-state index in [-0.39, 0.29) is 11.5 Å². The second-order valence-electron chi connectivity index (χ2n) is 5.53. The van der Waals surface area contributed by atoms with E-state index in [9.17, 15) is 9.59 Å². The highest BCUT2D eigenvalue weighted by Gasteiger charge is 2.05. The van der Waals surface area contributed by atoms with Crippen LogP contribution in [0.2, 0.25) is 0 Å². The van der Waals surface area contributed by atoms with E-state index >= 15 is 0 Å². The van der Waals surface area contributed by atoms with Crippen LogP contribution in [0.5, 0.6) is 0 Å². The number of aromatic carboxylic acids is 1. The number of hydrogen-bond donors (Lipinski definition) is 2. The van der Waals surface area contributed by atoms with Gasteiger partial charge in [-0.3, -0.25) is 4.79 Å². The largest absolute Gasteiger partial charge is 0.478 e. The highest BCUT2D eigenvalue weighted by Crippen LogP contribution is 2.08. The third-order valence-electron chi connectivity index (χ3n) is 3.63. The van der Waals surface area contributed by atoms with E-state index in [1.165, 1.54) is 0 Å². The molecule has 2 aromatic carbocycles. The molecule has 0 fully saturated rings. The van der Waals surface area contributed by atoms with Crippen molar-refractivity contribution in [1.29, 1.82) is 0 Å². The van der Waals surface area contributed by atoms with Crippen molar-refractivity contribution in [3.63, 3.8) is 0 Å². The van der Waals surface area contributed by atoms with Gasteiger partial charge in [0.15, 0.2) is 0 Å². The van der Waals surface area contributed by atoms with E-state index in [0.717, 1.165) is 16.7 Å². The predicted octanol–water partition coefficient (Wildman–Crippen LogP) is 2.78. The van der Waals surface area contributed by atoms with Crippen molar-refractivity contribution in [1.82, 2.24) is 5.32 Å². The summed E-state index contributed by atoms with van der Waals surface area (Å²) in [6.45, 7) is 1.03. The van der Waals surface area contributed by atoms with Gasteiger partial charge in [0.1, 0.15) is 0 Å². The van der Waals surface area contributed by atoms with Crippen LogP contribution in [-0.2, 0) is 29.1 Å². The molecular weight excluding hydrogens is 306 g/mol. The fourth-order valence-electron chi connectivity index (χ4n) is 2.36. The Bertz CT molecular complexity index is 695. The standard InChI is InChI=1S/C19H21NO4/c1-24-13-16-4-2-3-15(11-16)12-20-18(21)10-7-14-5-8-17(9-6-14)19(22)23/h2-6,8-9,11H,7,10,12-13H2,1H3,(H,20,21)(H,22,23). The maximum absolute atomic E-state index is 11.9. The van der Waals surface area contributed by atoms with Crippen LogP contribution in [0.1, 0.15) is 33.5 Å². The lowest BCUT2D eigenvalue weighted by atomic mass is 10.1. The summed E-state index contributed by atoms with van der Waals surface area (Å²) in [5, 5.41) is 11.7. The van der Waals surface area contributed by atoms with Crippen molar-refractivity contribution in [3.05, 3.63) is 70.8 Å². The van der Waals surface area contributed by atoms with Gasteiger partial charge in [0, 0.05) is 20.1 Å². The average molecular weight is 327 g/mol. The van der Waals surface area contributed by atoms with Gasteiger partial charge >= 0.3 is 5.97 Å². The van der Waals surface area contributed by atoms with Gasteiger partial charge in [0.05, 0.1) is 12.2 Å². The van der Waals surface area contributed by atoms with Gasteiger partial charge in [-0.2, -0.15) is 0 Å². The normalized spacial score (nSPS) is 10.4. The Balaban J connectivity index is 1.79. The molecule has 2 aromatic rings. The molecule has 2 N–H and O–H groups in total. The second-order valence-corrected chi connectivity index (χ2v) is 5.53. The summed E-state index contributed by atoms with van der Waals surface area (Å²) < 4.78 is 5.10. The molecule has 0 atom stereocenters. The third kappa shape index (κ3) is 5.52. The van der Waals surface area contributed by atoms with Crippen LogP contribution in [0.3, 0.4) is 0 Å². The van der Waals surface area contributed by atoms with Gasteiger partial charge in [0.25, 0.3) is 0 Å². The molecule has 0 spiro atoms. The zero-order chi connectivity index (χ0) is 17.4. The lowest BCUT2D eigenvalue weighted by Crippen LogP contribution is -2.23. The highest BCUT2D eigenvalue weighted by molar-refractivity contribution is 5.87. The maximum Gasteiger partial charge on any atom is 0.335 e. The predicted molar refractivity (Wildman–Crippen MR) is 90.7 cm³/mol. The van der Waals surface area contributed by atoms with Crippen LogP contribution in [0.15, 0.2) is 48.5 Å². The van der Waals surface area contributed by atoms with Gasteiger partial charge in [-0.15, -0.1) is 0 Å². The molecule has 0 unspecified atom stereocenters. The first-order chi connectivity index (χ1) is 11.6. The van der Waals surface area contributed by atoms with Gasteiger partial charge < -0.3 is 15.2 Å². The fourth-order valence-corrected chi connectivity index (χ4v) is 2.36. The Morgan fingerprint density at radius 1 is 1.04 bits per heavy atom. The number of hydrogen-bond acceptors (Lipinski definition) is 3. The van der Waals surface area contributed by atoms with Gasteiger partial charge in [-0.05, 0) is 35.2 Å². The monoisotopic (exact) mass is 327 g/mol. The summed E-state index contributed by atoms with van der Waals surface area (Å²) in [6.07, 6.45) is 0.944. The van der Waals surface area contributed by atoms with Gasteiger partial charge in [-0.25, -0.2) is 4.79 Å². The van der Waals surface area contributed by atoms with Crippen LogP contribution in [0.25, 0.3) is 0 Å². The summed E-state index contributed by atoms with van der Waals surface area (Å²) in [6, 6.07) is 14.5. The van der Waals surface area contributed by atoms with Crippen molar-refractivity contribution in [2.45, 2.75) is 26.0 Å². The number of benzene rings is 2. The molecule has 0 saturated carbocycles. The molecule has 0 aliphatic carbocycles. The van der Waals surface area contributed by atoms with E-state index in [4.69, 9.17) is 9.84 Å². The number of carbonyl (C=O) groups excluding carboxylic acids is 1. The minimum atomic E-state index is -0.949. The van der Waals surface area contributed by atoms with Crippen LogP contribution < -0.4 is 5.32 Å². The molecule has 1 amide bonds. The third-order valence-corrected chi connectivity index (χ3v) is 3.63. The van der Waals surface area contributed by atoms with Gasteiger partial charge in [0.2, 0.25) is 5.91 Å².